The van der Waals surface area contributed by atoms with Crippen molar-refractivity contribution < 1.29 is 22.7 Å². The van der Waals surface area contributed by atoms with Crippen LogP contribution in [0.3, 0.4) is 0 Å². The molecule has 2 aliphatic carbocycles. The molecule has 3 unspecified atom stereocenters. The lowest BCUT2D eigenvalue weighted by molar-refractivity contribution is -0.127. The SMILES string of the molecule is COc1ccc2c(c1)C1CC1(C(=O)NC1CCCCN(C)C1)Cn1c-2c(C2CCCCC2)c2ccc(C(=O)NS(=O)(=O)N3CCC3)cc21. The van der Waals surface area contributed by atoms with E-state index in [1.165, 1.54) is 29.1 Å². The average molecular weight is 674 g/mol. The number of carbonyl (C=O) groups excluding carboxylic acids is 2. The highest BCUT2D eigenvalue weighted by Gasteiger charge is 2.63. The largest absolute Gasteiger partial charge is 0.497 e. The molecule has 256 valence electrons. The molecule has 8 rings (SSSR count). The van der Waals surface area contributed by atoms with Gasteiger partial charge in [-0.2, -0.15) is 12.7 Å². The molecular weight excluding hydrogens is 627 g/mol. The number of hydrogen-bond donors (Lipinski definition) is 2. The molecule has 3 atom stereocenters. The van der Waals surface area contributed by atoms with E-state index in [4.69, 9.17) is 4.74 Å². The van der Waals surface area contributed by atoms with E-state index in [-0.39, 0.29) is 17.9 Å². The summed E-state index contributed by atoms with van der Waals surface area (Å²) in [5.41, 5.74) is 5.26. The number of ether oxygens (including phenoxy) is 1. The second-order valence-corrected chi connectivity index (χ2v) is 16.6. The van der Waals surface area contributed by atoms with Gasteiger partial charge in [0.25, 0.3) is 5.91 Å². The third-order valence-electron chi connectivity index (χ3n) is 11.8. The number of nitrogens with one attached hydrogen (secondary N) is 2. The molecule has 3 aromatic rings. The number of amides is 2. The first-order valence-corrected chi connectivity index (χ1v) is 19.3. The summed E-state index contributed by atoms with van der Waals surface area (Å²) in [7, 11) is -0.0741. The smallest absolute Gasteiger partial charge is 0.304 e. The fraction of sp³-hybridized carbons (Fsp3) is 0.568. The van der Waals surface area contributed by atoms with E-state index >= 15 is 0 Å². The molecule has 1 aromatic heterocycles. The van der Waals surface area contributed by atoms with E-state index in [0.29, 0.717) is 31.1 Å². The number of carbonyl (C=O) groups is 2. The van der Waals surface area contributed by atoms with Crippen LogP contribution in [0.15, 0.2) is 36.4 Å². The standard InChI is InChI=1S/C37H47N5O5S/c1-40-16-7-6-11-26(22-40)38-36(44)37-21-31(37)30-20-27(47-2)13-15-28(30)34-33(24-9-4-3-5-10-24)29-14-12-25(19-32(29)42(34)23-37)35(43)39-48(45,46)41-17-8-18-41/h12-15,19-20,24,26,31H,3-11,16-18,21-23H2,1-2H3,(H,38,44)(H,39,43). The van der Waals surface area contributed by atoms with Crippen LogP contribution in [0.5, 0.6) is 5.75 Å². The quantitative estimate of drug-likeness (QED) is 0.360. The Morgan fingerprint density at radius 3 is 2.48 bits per heavy atom. The second-order valence-electron chi connectivity index (χ2n) is 14.9. The fourth-order valence-electron chi connectivity index (χ4n) is 8.99. The first kappa shape index (κ1) is 31.8. The molecule has 2 N–H and O–H groups in total. The van der Waals surface area contributed by atoms with Gasteiger partial charge in [0.15, 0.2) is 0 Å². The molecule has 10 nitrogen and oxygen atoms in total. The number of nitrogens with zero attached hydrogens (tertiary/aromatic N) is 3. The van der Waals surface area contributed by atoms with Gasteiger partial charge in [0.1, 0.15) is 5.75 Å². The van der Waals surface area contributed by atoms with Crippen LogP contribution >= 0.6 is 0 Å². The lowest BCUT2D eigenvalue weighted by Crippen LogP contribution is -2.49. The van der Waals surface area contributed by atoms with Gasteiger partial charge in [-0.25, -0.2) is 4.72 Å². The molecule has 3 aliphatic heterocycles. The van der Waals surface area contributed by atoms with Crippen LogP contribution in [0.2, 0.25) is 0 Å². The minimum atomic E-state index is -3.89. The van der Waals surface area contributed by atoms with E-state index in [1.807, 2.05) is 18.2 Å². The molecule has 5 aliphatic rings. The fourth-order valence-corrected chi connectivity index (χ4v) is 10.2. The Morgan fingerprint density at radius 2 is 1.73 bits per heavy atom. The normalized spacial score (nSPS) is 26.3. The van der Waals surface area contributed by atoms with E-state index in [1.54, 1.807) is 13.2 Å². The minimum Gasteiger partial charge on any atom is -0.497 e. The highest BCUT2D eigenvalue weighted by molar-refractivity contribution is 7.87. The number of aromatic nitrogens is 1. The van der Waals surface area contributed by atoms with Gasteiger partial charge in [0.2, 0.25) is 5.91 Å². The first-order chi connectivity index (χ1) is 23.2. The van der Waals surface area contributed by atoms with Crippen LogP contribution in [0, 0.1) is 5.41 Å². The van der Waals surface area contributed by atoms with Gasteiger partial charge in [-0.1, -0.05) is 31.7 Å². The predicted octanol–water partition coefficient (Wildman–Crippen LogP) is 5.13. The van der Waals surface area contributed by atoms with Gasteiger partial charge in [-0.15, -0.1) is 0 Å². The maximum absolute atomic E-state index is 14.5. The van der Waals surface area contributed by atoms with Crippen molar-refractivity contribution in [3.8, 4) is 17.0 Å². The van der Waals surface area contributed by atoms with Crippen LogP contribution in [0.1, 0.15) is 97.5 Å². The van der Waals surface area contributed by atoms with Gasteiger partial charge in [0.05, 0.1) is 18.2 Å². The van der Waals surface area contributed by atoms with Gasteiger partial charge in [0, 0.05) is 60.2 Å². The monoisotopic (exact) mass is 673 g/mol. The number of methoxy groups -OCH3 is 1. The van der Waals surface area contributed by atoms with Crippen molar-refractivity contribution in [3.05, 3.63) is 53.1 Å². The number of hydrogen-bond acceptors (Lipinski definition) is 6. The van der Waals surface area contributed by atoms with Crippen LogP contribution in [-0.4, -0.2) is 80.4 Å². The molecule has 11 heteroatoms. The summed E-state index contributed by atoms with van der Waals surface area (Å²) in [6.45, 7) is 3.24. The molecule has 4 fully saturated rings. The molecule has 0 bridgehead atoms. The van der Waals surface area contributed by atoms with E-state index in [2.05, 4.69) is 38.7 Å². The Kier molecular flexibility index (Phi) is 8.07. The van der Waals surface area contributed by atoms with E-state index in [0.717, 1.165) is 91.5 Å². The number of likely N-dealkylation sites (tertiary alicyclic amines) is 1. The van der Waals surface area contributed by atoms with Crippen molar-refractivity contribution in [1.82, 2.24) is 23.8 Å². The molecule has 2 saturated heterocycles. The van der Waals surface area contributed by atoms with E-state index < -0.39 is 21.5 Å². The Hall–Kier alpha value is -3.41. The summed E-state index contributed by atoms with van der Waals surface area (Å²) in [6, 6.07) is 12.0. The molecular formula is C37H47N5O5S. The zero-order chi connectivity index (χ0) is 33.2. The van der Waals surface area contributed by atoms with Crippen molar-refractivity contribution in [2.45, 2.75) is 88.6 Å². The Bertz CT molecular complexity index is 1880. The van der Waals surface area contributed by atoms with Crippen LogP contribution in [0.25, 0.3) is 22.2 Å². The van der Waals surface area contributed by atoms with Crippen LogP contribution < -0.4 is 14.8 Å². The number of benzene rings is 2. The van der Waals surface area contributed by atoms with Crippen LogP contribution in [-0.2, 0) is 21.5 Å². The van der Waals surface area contributed by atoms with Crippen molar-refractivity contribution in [1.29, 1.82) is 0 Å². The minimum absolute atomic E-state index is 0.0495. The predicted molar refractivity (Wildman–Crippen MR) is 185 cm³/mol. The molecule has 48 heavy (non-hydrogen) atoms. The van der Waals surface area contributed by atoms with Gasteiger partial charge in [-0.05, 0) is 99.5 Å². The maximum atomic E-state index is 14.5. The Balaban J connectivity index is 1.26. The van der Waals surface area contributed by atoms with Crippen molar-refractivity contribution in [2.75, 3.05) is 40.3 Å². The Labute approximate surface area is 283 Å². The summed E-state index contributed by atoms with van der Waals surface area (Å²) in [4.78, 5) is 30.3. The summed E-state index contributed by atoms with van der Waals surface area (Å²) in [5.74, 6) is 0.663. The average Bonchev–Trinajstić information content (AvgIpc) is 3.76. The maximum Gasteiger partial charge on any atom is 0.304 e. The zero-order valence-corrected chi connectivity index (χ0v) is 28.9. The highest BCUT2D eigenvalue weighted by Crippen LogP contribution is 2.65. The molecule has 2 aromatic carbocycles. The van der Waals surface area contributed by atoms with Gasteiger partial charge in [-0.3, -0.25) is 9.59 Å². The van der Waals surface area contributed by atoms with Crippen molar-refractivity contribution >= 4 is 32.9 Å². The molecule has 0 spiro atoms. The van der Waals surface area contributed by atoms with Crippen molar-refractivity contribution in [3.63, 3.8) is 0 Å². The molecule has 2 amide bonds. The summed E-state index contributed by atoms with van der Waals surface area (Å²) >= 11 is 0. The molecule has 4 heterocycles. The van der Waals surface area contributed by atoms with Crippen LogP contribution in [0.4, 0.5) is 0 Å². The summed E-state index contributed by atoms with van der Waals surface area (Å²) in [5, 5.41) is 4.58. The summed E-state index contributed by atoms with van der Waals surface area (Å²) in [6.07, 6.45) is 10.5. The lowest BCUT2D eigenvalue weighted by Gasteiger charge is -2.29. The summed E-state index contributed by atoms with van der Waals surface area (Å²) < 4.78 is 37.3. The Morgan fingerprint density at radius 1 is 0.938 bits per heavy atom. The van der Waals surface area contributed by atoms with Crippen molar-refractivity contribution in [2.24, 2.45) is 5.41 Å². The lowest BCUT2D eigenvalue weighted by atomic mass is 9.81. The molecule has 2 saturated carbocycles. The zero-order valence-electron chi connectivity index (χ0n) is 28.1. The highest BCUT2D eigenvalue weighted by atomic mass is 32.2. The second kappa shape index (κ2) is 12.2. The first-order valence-electron chi connectivity index (χ1n) is 17.8. The topological polar surface area (TPSA) is 113 Å². The number of rotatable bonds is 7. The van der Waals surface area contributed by atoms with Gasteiger partial charge >= 0.3 is 10.2 Å². The van der Waals surface area contributed by atoms with E-state index in [9.17, 15) is 18.0 Å². The molecule has 0 radical (unpaired) electrons. The van der Waals surface area contributed by atoms with Gasteiger partial charge < -0.3 is 19.5 Å². The number of likely N-dealkylation sites (N-methyl/N-ethyl adjacent to an activating group) is 1. The third kappa shape index (κ3) is 5.42. The number of fused-ring (bicyclic) bond motifs is 7. The third-order valence-corrected chi connectivity index (χ3v) is 13.3.